The van der Waals surface area contributed by atoms with Crippen LogP contribution in [0.3, 0.4) is 0 Å². The molecule has 0 saturated carbocycles. The minimum absolute atomic E-state index is 0.211. The van der Waals surface area contributed by atoms with Crippen LogP contribution in [0.5, 0.6) is 0 Å². The molecular formula is C25H23N2O2-. The van der Waals surface area contributed by atoms with Crippen LogP contribution < -0.4 is 5.11 Å². The molecule has 0 amide bonds. The number of benzene rings is 3. The maximum absolute atomic E-state index is 11.4. The van der Waals surface area contributed by atoms with Crippen LogP contribution in [0.15, 0.2) is 72.8 Å². The summed E-state index contributed by atoms with van der Waals surface area (Å²) < 4.78 is 2.29. The Balaban J connectivity index is 1.66. The smallest absolute Gasteiger partial charge is 0.110 e. The molecule has 0 aliphatic rings. The van der Waals surface area contributed by atoms with E-state index in [1.54, 1.807) is 12.1 Å². The van der Waals surface area contributed by atoms with Crippen LogP contribution in [0.4, 0.5) is 0 Å². The molecule has 4 nitrogen and oxygen atoms in total. The molecule has 0 saturated heterocycles. The number of unbranched alkanes of at least 4 members (excludes halogenated alkanes) is 1. The van der Waals surface area contributed by atoms with Crippen LogP contribution in [0.25, 0.3) is 22.2 Å². The van der Waals surface area contributed by atoms with E-state index in [-0.39, 0.29) is 5.56 Å². The Labute approximate surface area is 170 Å². The van der Waals surface area contributed by atoms with Crippen LogP contribution in [0, 0.1) is 0 Å². The molecule has 0 fully saturated rings. The first-order valence-electron chi connectivity index (χ1n) is 10.0. The van der Waals surface area contributed by atoms with E-state index in [0.29, 0.717) is 5.56 Å². The Kier molecular flexibility index (Phi) is 5.43. The summed E-state index contributed by atoms with van der Waals surface area (Å²) in [6.45, 7) is 2.93. The number of aromatic nitrogens is 2. The number of fused-ring (bicyclic) bond motifs is 1. The third kappa shape index (κ3) is 3.92. The molecule has 0 aliphatic carbocycles. The molecule has 1 aromatic heterocycles. The number of rotatable bonds is 7. The average molecular weight is 383 g/mol. The number of hydrogen-bond acceptors (Lipinski definition) is 3. The predicted octanol–water partition coefficient (Wildman–Crippen LogP) is 4.46. The summed E-state index contributed by atoms with van der Waals surface area (Å²) in [6, 6.07) is 23.2. The number of aromatic carboxylic acids is 1. The van der Waals surface area contributed by atoms with E-state index in [1.807, 2.05) is 36.4 Å². The van der Waals surface area contributed by atoms with E-state index in [0.717, 1.165) is 53.8 Å². The Bertz CT molecular complexity index is 1140. The SMILES string of the molecule is CCCCc1nc2ccccc2n1Cc1ccc(-c2ccccc2C(=O)[O-])cc1. The highest BCUT2D eigenvalue weighted by molar-refractivity contribution is 5.94. The van der Waals surface area contributed by atoms with Crippen molar-refractivity contribution in [2.75, 3.05) is 0 Å². The number of carboxylic acids is 1. The lowest BCUT2D eigenvalue weighted by Gasteiger charge is -2.12. The summed E-state index contributed by atoms with van der Waals surface area (Å²) in [7, 11) is 0. The summed E-state index contributed by atoms with van der Waals surface area (Å²) in [5.41, 5.74) is 5.08. The number of aryl methyl sites for hydroxylation is 1. The van der Waals surface area contributed by atoms with Crippen molar-refractivity contribution in [3.05, 3.63) is 89.7 Å². The van der Waals surface area contributed by atoms with E-state index in [1.165, 1.54) is 0 Å². The summed E-state index contributed by atoms with van der Waals surface area (Å²) in [5.74, 6) is -0.0467. The predicted molar refractivity (Wildman–Crippen MR) is 114 cm³/mol. The summed E-state index contributed by atoms with van der Waals surface area (Å²) in [6.07, 6.45) is 3.21. The molecule has 1 heterocycles. The highest BCUT2D eigenvalue weighted by atomic mass is 16.4. The number of imidazole rings is 1. The lowest BCUT2D eigenvalue weighted by Crippen LogP contribution is -2.22. The van der Waals surface area contributed by atoms with Gasteiger partial charge in [-0.25, -0.2) is 4.98 Å². The van der Waals surface area contributed by atoms with E-state index in [2.05, 4.69) is 35.8 Å². The fourth-order valence-corrected chi connectivity index (χ4v) is 3.71. The van der Waals surface area contributed by atoms with Crippen molar-refractivity contribution in [2.24, 2.45) is 0 Å². The molecule has 29 heavy (non-hydrogen) atoms. The van der Waals surface area contributed by atoms with Gasteiger partial charge in [0.25, 0.3) is 0 Å². The van der Waals surface area contributed by atoms with Crippen LogP contribution in [-0.4, -0.2) is 15.5 Å². The fraction of sp³-hybridized carbons (Fsp3) is 0.200. The maximum atomic E-state index is 11.4. The van der Waals surface area contributed by atoms with Gasteiger partial charge in [-0.2, -0.15) is 0 Å². The molecule has 0 bridgehead atoms. The summed E-state index contributed by atoms with van der Waals surface area (Å²) >= 11 is 0. The zero-order valence-electron chi connectivity index (χ0n) is 16.5. The average Bonchev–Trinajstić information content (AvgIpc) is 3.10. The monoisotopic (exact) mass is 383 g/mol. The van der Waals surface area contributed by atoms with Gasteiger partial charge in [0.2, 0.25) is 0 Å². The molecule has 4 aromatic rings. The van der Waals surface area contributed by atoms with Crippen molar-refractivity contribution in [1.29, 1.82) is 0 Å². The van der Waals surface area contributed by atoms with Gasteiger partial charge in [0, 0.05) is 18.5 Å². The van der Waals surface area contributed by atoms with E-state index >= 15 is 0 Å². The van der Waals surface area contributed by atoms with Gasteiger partial charge in [0.1, 0.15) is 5.82 Å². The highest BCUT2D eigenvalue weighted by Crippen LogP contribution is 2.25. The van der Waals surface area contributed by atoms with E-state index in [4.69, 9.17) is 4.98 Å². The third-order valence-electron chi connectivity index (χ3n) is 5.24. The van der Waals surface area contributed by atoms with Crippen molar-refractivity contribution >= 4 is 17.0 Å². The molecule has 0 atom stereocenters. The maximum Gasteiger partial charge on any atom is 0.110 e. The summed E-state index contributed by atoms with van der Waals surface area (Å²) in [5, 5.41) is 11.4. The van der Waals surface area contributed by atoms with Crippen molar-refractivity contribution < 1.29 is 9.90 Å². The van der Waals surface area contributed by atoms with Crippen LogP contribution in [0.1, 0.15) is 41.5 Å². The molecule has 3 aromatic carbocycles. The standard InChI is InChI=1S/C25H24N2O2/c1-2-3-12-24-26-22-10-6-7-11-23(22)27(24)17-18-13-15-19(16-14-18)20-8-4-5-9-21(20)25(28)29/h4-11,13-16H,2-3,12,17H2,1H3,(H,28,29)/p-1. The van der Waals surface area contributed by atoms with Gasteiger partial charge in [0.15, 0.2) is 0 Å². The number of carbonyl (C=O) groups excluding carboxylic acids is 1. The van der Waals surface area contributed by atoms with E-state index in [9.17, 15) is 9.90 Å². The molecule has 0 aliphatic heterocycles. The minimum Gasteiger partial charge on any atom is -0.545 e. The van der Waals surface area contributed by atoms with Crippen molar-refractivity contribution in [2.45, 2.75) is 32.7 Å². The number of para-hydroxylation sites is 2. The van der Waals surface area contributed by atoms with E-state index < -0.39 is 5.97 Å². The Morgan fingerprint density at radius 2 is 1.69 bits per heavy atom. The Morgan fingerprint density at radius 3 is 2.45 bits per heavy atom. The lowest BCUT2D eigenvalue weighted by molar-refractivity contribution is -0.254. The number of nitrogens with zero attached hydrogens (tertiary/aromatic N) is 2. The second kappa shape index (κ2) is 8.31. The van der Waals surface area contributed by atoms with Crippen LogP contribution in [0.2, 0.25) is 0 Å². The normalized spacial score (nSPS) is 11.1. The first-order valence-corrected chi connectivity index (χ1v) is 10.0. The Morgan fingerprint density at radius 1 is 0.966 bits per heavy atom. The van der Waals surface area contributed by atoms with Crippen molar-refractivity contribution in [3.8, 4) is 11.1 Å². The van der Waals surface area contributed by atoms with Gasteiger partial charge in [0.05, 0.1) is 17.0 Å². The number of carboxylic acid groups (broad SMARTS) is 1. The molecule has 4 heteroatoms. The lowest BCUT2D eigenvalue weighted by atomic mass is 9.99. The zero-order valence-corrected chi connectivity index (χ0v) is 16.5. The van der Waals surface area contributed by atoms with Gasteiger partial charge in [-0.05, 0) is 35.2 Å². The van der Waals surface area contributed by atoms with Gasteiger partial charge in [-0.1, -0.05) is 74.0 Å². The molecule has 0 spiro atoms. The molecule has 0 radical (unpaired) electrons. The zero-order chi connectivity index (χ0) is 20.2. The molecule has 0 N–H and O–H groups in total. The molecular weight excluding hydrogens is 360 g/mol. The fourth-order valence-electron chi connectivity index (χ4n) is 3.71. The first-order chi connectivity index (χ1) is 14.2. The van der Waals surface area contributed by atoms with Gasteiger partial charge < -0.3 is 14.5 Å². The second-order valence-corrected chi connectivity index (χ2v) is 7.24. The topological polar surface area (TPSA) is 58.0 Å². The van der Waals surface area contributed by atoms with Gasteiger partial charge in [-0.15, -0.1) is 0 Å². The van der Waals surface area contributed by atoms with Crippen LogP contribution >= 0.6 is 0 Å². The third-order valence-corrected chi connectivity index (χ3v) is 5.24. The Hall–Kier alpha value is -3.40. The molecule has 0 unspecified atom stereocenters. The molecule has 4 rings (SSSR count). The molecule has 146 valence electrons. The largest absolute Gasteiger partial charge is 0.545 e. The van der Waals surface area contributed by atoms with Crippen molar-refractivity contribution in [3.63, 3.8) is 0 Å². The quantitative estimate of drug-likeness (QED) is 0.473. The van der Waals surface area contributed by atoms with Gasteiger partial charge in [-0.3, -0.25) is 0 Å². The highest BCUT2D eigenvalue weighted by Gasteiger charge is 2.11. The summed E-state index contributed by atoms with van der Waals surface area (Å²) in [4.78, 5) is 16.2. The first kappa shape index (κ1) is 18.9. The minimum atomic E-state index is -1.16. The number of hydrogen-bond donors (Lipinski definition) is 0. The second-order valence-electron chi connectivity index (χ2n) is 7.24. The van der Waals surface area contributed by atoms with Crippen LogP contribution in [-0.2, 0) is 13.0 Å². The van der Waals surface area contributed by atoms with Gasteiger partial charge >= 0.3 is 0 Å². The number of carbonyl (C=O) groups is 1. The van der Waals surface area contributed by atoms with Crippen molar-refractivity contribution in [1.82, 2.24) is 9.55 Å².